The molecule has 1 heterocycles. The second-order valence-corrected chi connectivity index (χ2v) is 5.93. The second-order valence-electron chi connectivity index (χ2n) is 4.95. The first-order chi connectivity index (χ1) is 9.85. The van der Waals surface area contributed by atoms with E-state index in [1.165, 1.54) is 17.0 Å². The van der Waals surface area contributed by atoms with Crippen LogP contribution in [0.25, 0.3) is 0 Å². The van der Waals surface area contributed by atoms with Crippen molar-refractivity contribution in [2.24, 2.45) is 5.92 Å². The molecule has 2 aromatic rings. The Morgan fingerprint density at radius 3 is 2.24 bits per heavy atom. The average Bonchev–Trinajstić information content (AvgIpc) is 2.89. The van der Waals surface area contributed by atoms with Crippen molar-refractivity contribution in [2.75, 3.05) is 5.32 Å². The third-order valence-electron chi connectivity index (χ3n) is 2.93. The van der Waals surface area contributed by atoms with E-state index in [4.69, 9.17) is 0 Å². The number of thiophene rings is 1. The molecule has 0 saturated heterocycles. The summed E-state index contributed by atoms with van der Waals surface area (Å²) in [6.07, 6.45) is -4.66. The number of hydrogen-bond donors (Lipinski definition) is 1. The minimum absolute atomic E-state index is 0.124. The van der Waals surface area contributed by atoms with Gasteiger partial charge in [-0.05, 0) is 41.6 Å². The number of alkyl halides is 3. The molecule has 0 bridgehead atoms. The maximum atomic E-state index is 12.1. The van der Waals surface area contributed by atoms with Gasteiger partial charge in [0.25, 0.3) is 0 Å². The van der Waals surface area contributed by atoms with Crippen molar-refractivity contribution < 1.29 is 17.9 Å². The summed E-state index contributed by atoms with van der Waals surface area (Å²) >= 11 is 1.65. The van der Waals surface area contributed by atoms with Crippen LogP contribution in [0.5, 0.6) is 5.75 Å². The highest BCUT2D eigenvalue weighted by Crippen LogP contribution is 2.31. The SMILES string of the molecule is CC(C)C(Nc1ccc(OC(F)(F)F)cc1)c1cccs1. The van der Waals surface area contributed by atoms with Crippen LogP contribution >= 0.6 is 11.3 Å². The van der Waals surface area contributed by atoms with Gasteiger partial charge in [0.2, 0.25) is 0 Å². The van der Waals surface area contributed by atoms with E-state index in [-0.39, 0.29) is 11.8 Å². The van der Waals surface area contributed by atoms with E-state index in [9.17, 15) is 13.2 Å². The summed E-state index contributed by atoms with van der Waals surface area (Å²) in [5, 5.41) is 5.35. The van der Waals surface area contributed by atoms with Gasteiger partial charge < -0.3 is 10.1 Å². The Kier molecular flexibility index (Phi) is 4.77. The van der Waals surface area contributed by atoms with Crippen molar-refractivity contribution in [3.8, 4) is 5.75 Å². The van der Waals surface area contributed by atoms with E-state index in [1.54, 1.807) is 23.5 Å². The predicted molar refractivity (Wildman–Crippen MR) is 78.6 cm³/mol. The molecule has 0 amide bonds. The lowest BCUT2D eigenvalue weighted by Crippen LogP contribution is -2.17. The van der Waals surface area contributed by atoms with Crippen LogP contribution in [0.15, 0.2) is 41.8 Å². The molecule has 1 atom stereocenters. The normalized spacial score (nSPS) is 13.2. The molecule has 0 spiro atoms. The number of benzene rings is 1. The van der Waals surface area contributed by atoms with Crippen LogP contribution in [-0.2, 0) is 0 Å². The molecular weight excluding hydrogens is 299 g/mol. The molecule has 0 fully saturated rings. The van der Waals surface area contributed by atoms with Crippen molar-refractivity contribution in [1.29, 1.82) is 0 Å². The van der Waals surface area contributed by atoms with E-state index in [2.05, 4.69) is 23.9 Å². The largest absolute Gasteiger partial charge is 0.573 e. The van der Waals surface area contributed by atoms with Crippen LogP contribution in [0.2, 0.25) is 0 Å². The maximum absolute atomic E-state index is 12.1. The third-order valence-corrected chi connectivity index (χ3v) is 3.88. The fraction of sp³-hybridized carbons (Fsp3) is 0.333. The molecule has 21 heavy (non-hydrogen) atoms. The zero-order valence-electron chi connectivity index (χ0n) is 11.6. The Labute approximate surface area is 125 Å². The van der Waals surface area contributed by atoms with Crippen LogP contribution in [-0.4, -0.2) is 6.36 Å². The lowest BCUT2D eigenvalue weighted by molar-refractivity contribution is -0.274. The standard InChI is InChI=1S/C15H16F3NOS/c1-10(2)14(13-4-3-9-21-13)19-11-5-7-12(8-6-11)20-15(16,17)18/h3-10,14,19H,1-2H3. The second kappa shape index (κ2) is 6.39. The Hall–Kier alpha value is -1.69. The predicted octanol–water partition coefficient (Wildman–Crippen LogP) is 5.46. The zero-order valence-corrected chi connectivity index (χ0v) is 12.5. The Balaban J connectivity index is 2.08. The number of anilines is 1. The Morgan fingerprint density at radius 2 is 1.76 bits per heavy atom. The van der Waals surface area contributed by atoms with Gasteiger partial charge in [-0.25, -0.2) is 0 Å². The van der Waals surface area contributed by atoms with Gasteiger partial charge >= 0.3 is 6.36 Å². The van der Waals surface area contributed by atoms with Crippen LogP contribution in [0, 0.1) is 5.92 Å². The smallest absolute Gasteiger partial charge is 0.406 e. The average molecular weight is 315 g/mol. The lowest BCUT2D eigenvalue weighted by atomic mass is 10.0. The van der Waals surface area contributed by atoms with Crippen molar-refractivity contribution in [1.82, 2.24) is 0 Å². The van der Waals surface area contributed by atoms with E-state index < -0.39 is 6.36 Å². The number of rotatable bonds is 5. The van der Waals surface area contributed by atoms with Gasteiger partial charge in [0.05, 0.1) is 6.04 Å². The van der Waals surface area contributed by atoms with E-state index in [0.717, 1.165) is 5.69 Å². The summed E-state index contributed by atoms with van der Waals surface area (Å²) in [6, 6.07) is 9.94. The number of halogens is 3. The van der Waals surface area contributed by atoms with Crippen LogP contribution in [0.4, 0.5) is 18.9 Å². The Morgan fingerprint density at radius 1 is 1.10 bits per heavy atom. The molecule has 2 nitrogen and oxygen atoms in total. The molecule has 0 aliphatic carbocycles. The minimum atomic E-state index is -4.66. The highest BCUT2D eigenvalue weighted by atomic mass is 32.1. The van der Waals surface area contributed by atoms with Gasteiger partial charge in [0.1, 0.15) is 5.75 Å². The molecule has 1 aromatic carbocycles. The van der Waals surface area contributed by atoms with Crippen LogP contribution < -0.4 is 10.1 Å². The van der Waals surface area contributed by atoms with Crippen LogP contribution in [0.3, 0.4) is 0 Å². The molecule has 2 rings (SSSR count). The fourth-order valence-corrected chi connectivity index (χ4v) is 2.92. The van der Waals surface area contributed by atoms with Gasteiger partial charge in [0.15, 0.2) is 0 Å². The molecule has 0 aliphatic heterocycles. The van der Waals surface area contributed by atoms with E-state index in [1.807, 2.05) is 17.5 Å². The van der Waals surface area contributed by atoms with Crippen molar-refractivity contribution in [2.45, 2.75) is 26.3 Å². The van der Waals surface area contributed by atoms with Gasteiger partial charge in [-0.1, -0.05) is 19.9 Å². The van der Waals surface area contributed by atoms with E-state index >= 15 is 0 Å². The number of nitrogens with one attached hydrogen (secondary N) is 1. The topological polar surface area (TPSA) is 21.3 Å². The maximum Gasteiger partial charge on any atom is 0.573 e. The van der Waals surface area contributed by atoms with Crippen molar-refractivity contribution in [3.05, 3.63) is 46.7 Å². The molecule has 1 aromatic heterocycles. The van der Waals surface area contributed by atoms with E-state index in [0.29, 0.717) is 5.92 Å². The summed E-state index contributed by atoms with van der Waals surface area (Å²) in [7, 11) is 0. The molecule has 6 heteroatoms. The number of hydrogen-bond acceptors (Lipinski definition) is 3. The monoisotopic (exact) mass is 315 g/mol. The molecule has 114 valence electrons. The van der Waals surface area contributed by atoms with Gasteiger partial charge in [0, 0.05) is 10.6 Å². The Bertz CT molecular complexity index is 549. The summed E-state index contributed by atoms with van der Waals surface area (Å²) in [6.45, 7) is 4.19. The molecule has 1 N–H and O–H groups in total. The summed E-state index contributed by atoms with van der Waals surface area (Å²) in [4.78, 5) is 1.20. The van der Waals surface area contributed by atoms with Gasteiger partial charge in [-0.3, -0.25) is 0 Å². The van der Waals surface area contributed by atoms with Crippen LogP contribution in [0.1, 0.15) is 24.8 Å². The lowest BCUT2D eigenvalue weighted by Gasteiger charge is -2.22. The highest BCUT2D eigenvalue weighted by molar-refractivity contribution is 7.10. The summed E-state index contributed by atoms with van der Waals surface area (Å²) < 4.78 is 40.2. The van der Waals surface area contributed by atoms with Gasteiger partial charge in [-0.2, -0.15) is 0 Å². The first kappa shape index (κ1) is 15.7. The fourth-order valence-electron chi connectivity index (χ4n) is 1.97. The summed E-state index contributed by atoms with van der Waals surface area (Å²) in [5.74, 6) is 0.139. The third kappa shape index (κ3) is 4.67. The minimum Gasteiger partial charge on any atom is -0.406 e. The highest BCUT2D eigenvalue weighted by Gasteiger charge is 2.31. The first-order valence-electron chi connectivity index (χ1n) is 6.51. The first-order valence-corrected chi connectivity index (χ1v) is 7.39. The molecular formula is C15H16F3NOS. The zero-order chi connectivity index (χ0) is 15.5. The molecule has 0 radical (unpaired) electrons. The molecule has 1 unspecified atom stereocenters. The van der Waals surface area contributed by atoms with Gasteiger partial charge in [-0.15, -0.1) is 24.5 Å². The molecule has 0 saturated carbocycles. The van der Waals surface area contributed by atoms with Crippen molar-refractivity contribution in [3.63, 3.8) is 0 Å². The molecule has 0 aliphatic rings. The van der Waals surface area contributed by atoms with Crippen molar-refractivity contribution >= 4 is 17.0 Å². The number of ether oxygens (including phenoxy) is 1. The summed E-state index contributed by atoms with van der Waals surface area (Å²) in [5.41, 5.74) is 0.761. The quantitative estimate of drug-likeness (QED) is 0.791.